The third-order valence-electron chi connectivity index (χ3n) is 5.79. The van der Waals surface area contributed by atoms with Crippen LogP contribution in [0.3, 0.4) is 0 Å². The Morgan fingerprint density at radius 3 is 2.45 bits per heavy atom. The summed E-state index contributed by atoms with van der Waals surface area (Å²) in [5.41, 5.74) is 5.60. The zero-order valence-electron chi connectivity index (χ0n) is 17.0. The van der Waals surface area contributed by atoms with Crippen LogP contribution in [0.25, 0.3) is 22.6 Å². The van der Waals surface area contributed by atoms with E-state index in [1.54, 1.807) is 0 Å². The first kappa shape index (κ1) is 19.9. The summed E-state index contributed by atoms with van der Waals surface area (Å²) in [6.45, 7) is 3.87. The van der Waals surface area contributed by atoms with Crippen molar-refractivity contribution < 1.29 is 13.2 Å². The molecule has 0 N–H and O–H groups in total. The molecule has 3 aromatic carbocycles. The van der Waals surface area contributed by atoms with Crippen LogP contribution in [0.1, 0.15) is 41.1 Å². The second-order valence-corrected chi connectivity index (χ2v) is 8.23. The van der Waals surface area contributed by atoms with E-state index >= 15 is 0 Å². The highest BCUT2D eigenvalue weighted by Crippen LogP contribution is 2.35. The molecule has 0 saturated carbocycles. The number of hydrogen-bond donors (Lipinski definition) is 0. The molecule has 6 heteroatoms. The van der Waals surface area contributed by atoms with Crippen LogP contribution >= 0.6 is 11.6 Å². The van der Waals surface area contributed by atoms with Gasteiger partial charge in [0.2, 0.25) is 5.89 Å². The van der Waals surface area contributed by atoms with Gasteiger partial charge in [0.05, 0.1) is 11.6 Å². The van der Waals surface area contributed by atoms with Gasteiger partial charge in [-0.15, -0.1) is 0 Å². The van der Waals surface area contributed by atoms with Crippen molar-refractivity contribution in [2.45, 2.75) is 32.7 Å². The molecule has 1 aliphatic rings. The third kappa shape index (κ3) is 3.43. The Hall–Kier alpha value is -3.05. The van der Waals surface area contributed by atoms with Crippen molar-refractivity contribution in [1.29, 1.82) is 0 Å². The molecule has 0 spiro atoms. The van der Waals surface area contributed by atoms with Crippen LogP contribution in [0.5, 0.6) is 0 Å². The van der Waals surface area contributed by atoms with Crippen LogP contribution in [0.2, 0.25) is 5.02 Å². The molecule has 4 aromatic rings. The summed E-state index contributed by atoms with van der Waals surface area (Å²) in [5, 5.41) is 0.698. The number of fused-ring (bicyclic) bond motifs is 1. The second kappa shape index (κ2) is 7.57. The number of aromatic nitrogens is 1. The number of halogens is 3. The van der Waals surface area contributed by atoms with Crippen molar-refractivity contribution in [2.75, 3.05) is 0 Å². The fraction of sp³-hybridized carbons (Fsp3) is 0.200. The van der Waals surface area contributed by atoms with Crippen molar-refractivity contribution >= 4 is 28.4 Å². The maximum Gasteiger partial charge on any atom is 0.227 e. The molecule has 1 aliphatic heterocycles. The van der Waals surface area contributed by atoms with Crippen molar-refractivity contribution in [3.8, 4) is 11.5 Å². The van der Waals surface area contributed by atoms with Gasteiger partial charge in [-0.3, -0.25) is 4.99 Å². The van der Waals surface area contributed by atoms with Crippen LogP contribution in [0.4, 0.5) is 8.78 Å². The maximum atomic E-state index is 14.1. The molecule has 0 radical (unpaired) electrons. The molecule has 1 unspecified atom stereocenters. The number of oxazole rings is 1. The highest BCUT2D eigenvalue weighted by molar-refractivity contribution is 6.33. The quantitative estimate of drug-likeness (QED) is 0.336. The lowest BCUT2D eigenvalue weighted by Crippen LogP contribution is -2.03. The van der Waals surface area contributed by atoms with Gasteiger partial charge in [-0.2, -0.15) is 0 Å². The van der Waals surface area contributed by atoms with Crippen LogP contribution < -0.4 is 0 Å². The van der Waals surface area contributed by atoms with Crippen molar-refractivity contribution in [1.82, 2.24) is 4.98 Å². The van der Waals surface area contributed by atoms with E-state index in [1.165, 1.54) is 18.2 Å². The summed E-state index contributed by atoms with van der Waals surface area (Å²) >= 11 is 6.34. The molecule has 1 aromatic heterocycles. The Morgan fingerprint density at radius 1 is 1.03 bits per heavy atom. The fourth-order valence-corrected chi connectivity index (χ4v) is 4.27. The van der Waals surface area contributed by atoms with E-state index in [0.717, 1.165) is 27.8 Å². The molecule has 1 atom stereocenters. The van der Waals surface area contributed by atoms with Gasteiger partial charge in [-0.1, -0.05) is 29.8 Å². The van der Waals surface area contributed by atoms with Crippen molar-refractivity contribution in [2.24, 2.45) is 4.99 Å². The van der Waals surface area contributed by atoms with E-state index < -0.39 is 11.6 Å². The lowest BCUT2D eigenvalue weighted by molar-refractivity contribution is 0.578. The van der Waals surface area contributed by atoms with E-state index in [1.807, 2.05) is 44.2 Å². The van der Waals surface area contributed by atoms with Crippen molar-refractivity contribution in [3.05, 3.63) is 87.4 Å². The van der Waals surface area contributed by atoms with Gasteiger partial charge in [0.25, 0.3) is 0 Å². The molecule has 5 rings (SSSR count). The van der Waals surface area contributed by atoms with Crippen LogP contribution in [-0.2, 0) is 0 Å². The molecule has 0 fully saturated rings. The van der Waals surface area contributed by atoms with E-state index in [9.17, 15) is 8.78 Å². The molecular formula is C25H19ClF2N2O. The molecule has 3 nitrogen and oxygen atoms in total. The minimum Gasteiger partial charge on any atom is -0.436 e. The minimum atomic E-state index is -0.573. The monoisotopic (exact) mass is 436 g/mol. The van der Waals surface area contributed by atoms with E-state index in [4.69, 9.17) is 16.0 Å². The van der Waals surface area contributed by atoms with Crippen LogP contribution in [-0.4, -0.2) is 10.7 Å². The summed E-state index contributed by atoms with van der Waals surface area (Å²) in [5.74, 6) is -0.622. The Balaban J connectivity index is 1.44. The Labute approximate surface area is 183 Å². The Kier molecular flexibility index (Phi) is 4.86. The first-order valence-corrected chi connectivity index (χ1v) is 10.5. The molecule has 0 saturated heterocycles. The summed E-state index contributed by atoms with van der Waals surface area (Å²) in [6, 6.07) is 13.4. The molecule has 0 bridgehead atoms. The van der Waals surface area contributed by atoms with Crippen LogP contribution in [0, 0.1) is 25.5 Å². The highest BCUT2D eigenvalue weighted by atomic mass is 35.5. The summed E-state index contributed by atoms with van der Waals surface area (Å²) in [4.78, 5) is 9.22. The number of aryl methyl sites for hydroxylation is 2. The number of nitrogens with zero attached hydrogens (tertiary/aromatic N) is 2. The van der Waals surface area contributed by atoms with Gasteiger partial charge in [-0.25, -0.2) is 13.8 Å². The molecular weight excluding hydrogens is 418 g/mol. The molecule has 0 amide bonds. The number of benzene rings is 3. The fourth-order valence-electron chi connectivity index (χ4n) is 4.12. The zero-order chi connectivity index (χ0) is 21.7. The molecule has 31 heavy (non-hydrogen) atoms. The van der Waals surface area contributed by atoms with E-state index in [0.29, 0.717) is 35.0 Å². The van der Waals surface area contributed by atoms with Gasteiger partial charge in [-0.05, 0) is 73.7 Å². The standard InChI is InChI=1S/C25H19ClF2N2O/c1-13-12-21-24(14(2)23(13)26)30-25(31-21)16-8-6-15(7-9-16)19-10-11-20(29-19)22-17(27)4-3-5-18(22)28/h3-9,12,19H,10-11H2,1-2H3. The predicted octanol–water partition coefficient (Wildman–Crippen LogP) is 7.37. The first-order valence-electron chi connectivity index (χ1n) is 10.1. The van der Waals surface area contributed by atoms with Gasteiger partial charge in [0, 0.05) is 16.3 Å². The van der Waals surface area contributed by atoms with E-state index in [2.05, 4.69) is 9.98 Å². The third-order valence-corrected chi connectivity index (χ3v) is 6.37. The molecule has 0 aliphatic carbocycles. The number of rotatable bonds is 3. The SMILES string of the molecule is Cc1cc2oc(-c3ccc(C4CCC(c5c(F)cccc5F)=N4)cc3)nc2c(C)c1Cl. The van der Waals surface area contributed by atoms with Crippen molar-refractivity contribution in [3.63, 3.8) is 0 Å². The van der Waals surface area contributed by atoms with E-state index in [-0.39, 0.29) is 11.6 Å². The molecule has 156 valence electrons. The maximum absolute atomic E-state index is 14.1. The predicted molar refractivity (Wildman–Crippen MR) is 119 cm³/mol. The summed E-state index contributed by atoms with van der Waals surface area (Å²) in [7, 11) is 0. The minimum absolute atomic E-state index is 0.0163. The lowest BCUT2D eigenvalue weighted by Gasteiger charge is -2.07. The van der Waals surface area contributed by atoms with Gasteiger partial charge in [0.1, 0.15) is 17.2 Å². The second-order valence-electron chi connectivity index (χ2n) is 7.85. The topological polar surface area (TPSA) is 38.4 Å². The van der Waals surface area contributed by atoms with Gasteiger partial charge in [0.15, 0.2) is 5.58 Å². The normalized spacial score (nSPS) is 16.2. The number of aliphatic imine (C=N–C) groups is 1. The zero-order valence-corrected chi connectivity index (χ0v) is 17.8. The summed E-state index contributed by atoms with van der Waals surface area (Å²) < 4.78 is 34.1. The van der Waals surface area contributed by atoms with Gasteiger partial charge >= 0.3 is 0 Å². The van der Waals surface area contributed by atoms with Crippen LogP contribution in [0.15, 0.2) is 57.9 Å². The lowest BCUT2D eigenvalue weighted by atomic mass is 10.0. The average molecular weight is 437 g/mol. The van der Waals surface area contributed by atoms with Gasteiger partial charge < -0.3 is 4.42 Å². The largest absolute Gasteiger partial charge is 0.436 e. The highest BCUT2D eigenvalue weighted by Gasteiger charge is 2.24. The average Bonchev–Trinajstić information content (AvgIpc) is 3.40. The first-order chi connectivity index (χ1) is 14.9. The molecule has 2 heterocycles. The Morgan fingerprint density at radius 2 is 1.74 bits per heavy atom. The summed E-state index contributed by atoms with van der Waals surface area (Å²) in [6.07, 6.45) is 1.25. The smallest absolute Gasteiger partial charge is 0.227 e. The Bertz CT molecular complexity index is 1320. The number of hydrogen-bond acceptors (Lipinski definition) is 3.